The Hall–Kier alpha value is -2.75. The van der Waals surface area contributed by atoms with E-state index >= 15 is 0 Å². The maximum Gasteiger partial charge on any atom is 0.193 e. The van der Waals surface area contributed by atoms with Crippen LogP contribution in [0.4, 0.5) is 5.69 Å². The van der Waals surface area contributed by atoms with Crippen molar-refractivity contribution in [3.8, 4) is 11.4 Å². The predicted molar refractivity (Wildman–Crippen MR) is 136 cm³/mol. The van der Waals surface area contributed by atoms with Gasteiger partial charge in [0.05, 0.1) is 17.6 Å². The van der Waals surface area contributed by atoms with Crippen LogP contribution < -0.4 is 10.2 Å². The standard InChI is InChI=1S/C23H28N6O.HI/c1-24-23(28-15-13-27(14-16-28)21-9-5-6-10-22(21)30)25-12-11-19-17-26-29(18-19)20-7-3-2-4-8-20;/h2-10,17-18,30H,11-16H2,1H3,(H,24,25);1H. The molecule has 7 nitrogen and oxygen atoms in total. The summed E-state index contributed by atoms with van der Waals surface area (Å²) in [7, 11) is 1.82. The Kier molecular flexibility index (Phi) is 8.16. The van der Waals surface area contributed by atoms with Gasteiger partial charge in [-0.1, -0.05) is 30.3 Å². The van der Waals surface area contributed by atoms with Crippen molar-refractivity contribution < 1.29 is 5.11 Å². The number of nitrogens with zero attached hydrogens (tertiary/aromatic N) is 5. The lowest BCUT2D eigenvalue weighted by atomic mass is 10.2. The average molecular weight is 532 g/mol. The molecule has 3 aromatic rings. The molecule has 1 saturated heterocycles. The Bertz CT molecular complexity index is 982. The number of para-hydroxylation sites is 3. The highest BCUT2D eigenvalue weighted by Crippen LogP contribution is 2.27. The molecule has 4 rings (SSSR count). The smallest absolute Gasteiger partial charge is 0.193 e. The highest BCUT2D eigenvalue weighted by molar-refractivity contribution is 14.0. The van der Waals surface area contributed by atoms with E-state index in [-0.39, 0.29) is 24.0 Å². The van der Waals surface area contributed by atoms with Crippen molar-refractivity contribution >= 4 is 35.6 Å². The largest absolute Gasteiger partial charge is 0.506 e. The summed E-state index contributed by atoms with van der Waals surface area (Å²) in [6.07, 6.45) is 4.87. The third-order valence-corrected chi connectivity index (χ3v) is 5.37. The van der Waals surface area contributed by atoms with Gasteiger partial charge in [0.2, 0.25) is 0 Å². The zero-order chi connectivity index (χ0) is 20.8. The minimum absolute atomic E-state index is 0. The lowest BCUT2D eigenvalue weighted by Gasteiger charge is -2.37. The Morgan fingerprint density at radius 3 is 2.45 bits per heavy atom. The van der Waals surface area contributed by atoms with Gasteiger partial charge in [-0.15, -0.1) is 24.0 Å². The summed E-state index contributed by atoms with van der Waals surface area (Å²) in [5.74, 6) is 1.26. The SMILES string of the molecule is CN=C(NCCc1cnn(-c2ccccc2)c1)N1CCN(c2ccccc2O)CC1.I. The zero-order valence-electron chi connectivity index (χ0n) is 17.7. The summed E-state index contributed by atoms with van der Waals surface area (Å²) >= 11 is 0. The normalized spacial score (nSPS) is 14.3. The second-order valence-electron chi connectivity index (χ2n) is 7.32. The first-order chi connectivity index (χ1) is 14.7. The van der Waals surface area contributed by atoms with E-state index in [1.165, 1.54) is 5.56 Å². The molecular weight excluding hydrogens is 503 g/mol. The number of aromatic nitrogens is 2. The number of rotatable bonds is 5. The molecular formula is C23H29IN6O. The fourth-order valence-electron chi connectivity index (χ4n) is 3.75. The molecule has 0 saturated carbocycles. The molecule has 1 aromatic heterocycles. The van der Waals surface area contributed by atoms with Gasteiger partial charge in [-0.05, 0) is 36.2 Å². The van der Waals surface area contributed by atoms with Crippen molar-refractivity contribution in [1.29, 1.82) is 0 Å². The molecule has 0 atom stereocenters. The molecule has 0 amide bonds. The van der Waals surface area contributed by atoms with Gasteiger partial charge in [-0.25, -0.2) is 4.68 Å². The van der Waals surface area contributed by atoms with Gasteiger partial charge in [0.15, 0.2) is 5.96 Å². The van der Waals surface area contributed by atoms with Gasteiger partial charge >= 0.3 is 0 Å². The predicted octanol–water partition coefficient (Wildman–Crippen LogP) is 3.14. The van der Waals surface area contributed by atoms with Gasteiger partial charge in [0.25, 0.3) is 0 Å². The number of guanidine groups is 1. The molecule has 1 fully saturated rings. The van der Waals surface area contributed by atoms with Crippen molar-refractivity contribution in [3.05, 3.63) is 72.6 Å². The van der Waals surface area contributed by atoms with E-state index in [0.29, 0.717) is 5.75 Å². The lowest BCUT2D eigenvalue weighted by molar-refractivity contribution is 0.370. The molecule has 31 heavy (non-hydrogen) atoms. The third kappa shape index (κ3) is 5.69. The number of aromatic hydroxyl groups is 1. The first-order valence-electron chi connectivity index (χ1n) is 10.3. The molecule has 164 valence electrons. The van der Waals surface area contributed by atoms with Crippen LogP contribution in [0, 0.1) is 0 Å². The summed E-state index contributed by atoms with van der Waals surface area (Å²) in [4.78, 5) is 8.94. The van der Waals surface area contributed by atoms with Crippen molar-refractivity contribution in [2.24, 2.45) is 4.99 Å². The lowest BCUT2D eigenvalue weighted by Crippen LogP contribution is -2.52. The van der Waals surface area contributed by atoms with Crippen molar-refractivity contribution in [2.45, 2.75) is 6.42 Å². The van der Waals surface area contributed by atoms with Crippen LogP contribution in [0.3, 0.4) is 0 Å². The van der Waals surface area contributed by atoms with E-state index in [0.717, 1.165) is 56.5 Å². The van der Waals surface area contributed by atoms with Gasteiger partial charge < -0.3 is 20.2 Å². The number of hydrogen-bond acceptors (Lipinski definition) is 4. The fourth-order valence-corrected chi connectivity index (χ4v) is 3.75. The minimum Gasteiger partial charge on any atom is -0.506 e. The Balaban J connectivity index is 0.00000272. The van der Waals surface area contributed by atoms with Crippen LogP contribution >= 0.6 is 24.0 Å². The Morgan fingerprint density at radius 1 is 1.03 bits per heavy atom. The van der Waals surface area contributed by atoms with Gasteiger partial charge in [0.1, 0.15) is 5.75 Å². The summed E-state index contributed by atoms with van der Waals surface area (Å²) < 4.78 is 1.91. The molecule has 1 aliphatic heterocycles. The van der Waals surface area contributed by atoms with Crippen LogP contribution in [0.15, 0.2) is 72.0 Å². The molecule has 0 spiro atoms. The molecule has 0 bridgehead atoms. The van der Waals surface area contributed by atoms with E-state index < -0.39 is 0 Å². The van der Waals surface area contributed by atoms with Crippen LogP contribution in [0.1, 0.15) is 5.56 Å². The monoisotopic (exact) mass is 532 g/mol. The van der Waals surface area contributed by atoms with E-state index in [4.69, 9.17) is 0 Å². The topological polar surface area (TPSA) is 68.9 Å². The molecule has 8 heteroatoms. The maximum absolute atomic E-state index is 10.1. The van der Waals surface area contributed by atoms with Crippen molar-refractivity contribution in [3.63, 3.8) is 0 Å². The maximum atomic E-state index is 10.1. The second kappa shape index (κ2) is 11.0. The van der Waals surface area contributed by atoms with Crippen LogP contribution in [0.5, 0.6) is 5.75 Å². The number of phenolic OH excluding ortho intramolecular Hbond substituents is 1. The molecule has 2 N–H and O–H groups in total. The first kappa shape index (κ1) is 22.9. The van der Waals surface area contributed by atoms with E-state index in [1.807, 2.05) is 66.5 Å². The minimum atomic E-state index is 0. The van der Waals surface area contributed by atoms with Crippen molar-refractivity contribution in [1.82, 2.24) is 20.0 Å². The molecule has 2 aromatic carbocycles. The quantitative estimate of drug-likeness (QED) is 0.300. The number of piperazine rings is 1. The van der Waals surface area contributed by atoms with Gasteiger partial charge in [-0.2, -0.15) is 5.10 Å². The highest BCUT2D eigenvalue weighted by Gasteiger charge is 2.21. The van der Waals surface area contributed by atoms with Crippen LogP contribution in [-0.4, -0.2) is 65.5 Å². The third-order valence-electron chi connectivity index (χ3n) is 5.37. The summed E-state index contributed by atoms with van der Waals surface area (Å²) in [5.41, 5.74) is 3.15. The van der Waals surface area contributed by atoms with Crippen LogP contribution in [-0.2, 0) is 6.42 Å². The summed E-state index contributed by atoms with van der Waals surface area (Å²) in [6.45, 7) is 4.22. The Morgan fingerprint density at radius 2 is 1.74 bits per heavy atom. The van der Waals surface area contributed by atoms with Crippen LogP contribution in [0.2, 0.25) is 0 Å². The molecule has 2 heterocycles. The summed E-state index contributed by atoms with van der Waals surface area (Å²) in [5, 5.41) is 18.0. The average Bonchev–Trinajstić information content (AvgIpc) is 3.27. The molecule has 0 unspecified atom stereocenters. The molecule has 0 aliphatic carbocycles. The number of anilines is 1. The Labute approximate surface area is 200 Å². The van der Waals surface area contributed by atoms with Gasteiger partial charge in [0, 0.05) is 46.0 Å². The first-order valence-corrected chi connectivity index (χ1v) is 10.3. The number of aliphatic imine (C=N–C) groups is 1. The number of phenols is 1. The second-order valence-corrected chi connectivity index (χ2v) is 7.32. The fraction of sp³-hybridized carbons (Fsp3) is 0.304. The van der Waals surface area contributed by atoms with E-state index in [9.17, 15) is 5.11 Å². The van der Waals surface area contributed by atoms with E-state index in [1.54, 1.807) is 6.07 Å². The molecule has 1 aliphatic rings. The van der Waals surface area contributed by atoms with Crippen molar-refractivity contribution in [2.75, 3.05) is 44.7 Å². The van der Waals surface area contributed by atoms with E-state index in [2.05, 4.69) is 31.4 Å². The number of hydrogen-bond donors (Lipinski definition) is 2. The number of benzene rings is 2. The molecule has 0 radical (unpaired) electrons. The van der Waals surface area contributed by atoms with Gasteiger partial charge in [-0.3, -0.25) is 4.99 Å². The van der Waals surface area contributed by atoms with Crippen LogP contribution in [0.25, 0.3) is 5.69 Å². The highest BCUT2D eigenvalue weighted by atomic mass is 127. The zero-order valence-corrected chi connectivity index (χ0v) is 20.0. The number of nitrogens with one attached hydrogen (secondary N) is 1. The number of halogens is 1. The summed E-state index contributed by atoms with van der Waals surface area (Å²) in [6, 6.07) is 17.6.